The molecule has 7 heteroatoms. The van der Waals surface area contributed by atoms with Gasteiger partial charge in [0.25, 0.3) is 0 Å². The van der Waals surface area contributed by atoms with E-state index in [0.717, 1.165) is 12.1 Å². The first-order chi connectivity index (χ1) is 9.31. The molecule has 2 unspecified atom stereocenters. The van der Waals surface area contributed by atoms with Gasteiger partial charge in [0.05, 0.1) is 29.3 Å². The second-order valence-corrected chi connectivity index (χ2v) is 5.10. The minimum atomic E-state index is -4.55. The third-order valence-corrected chi connectivity index (χ3v) is 3.46. The van der Waals surface area contributed by atoms with Crippen LogP contribution in [0.4, 0.5) is 23.2 Å². The van der Waals surface area contributed by atoms with Crippen molar-refractivity contribution in [2.75, 3.05) is 23.9 Å². The Labute approximate surface area is 119 Å². The fraction of sp³-hybridized carbons (Fsp3) is 0.538. The van der Waals surface area contributed by atoms with Crippen LogP contribution in [0.5, 0.6) is 0 Å². The van der Waals surface area contributed by atoms with Gasteiger partial charge in [-0.25, -0.2) is 4.39 Å². The standard InChI is InChI=1S/C13H14ClF4NO/c1-8-6-19(7-10(5-14)20-8)12-3-2-9(4-11(12)15)13(16,17)18/h2-4,8,10H,5-7H2,1H3. The van der Waals surface area contributed by atoms with Gasteiger partial charge in [-0.2, -0.15) is 13.2 Å². The van der Waals surface area contributed by atoms with Gasteiger partial charge in [-0.05, 0) is 25.1 Å². The van der Waals surface area contributed by atoms with Crippen molar-refractivity contribution in [3.05, 3.63) is 29.6 Å². The molecule has 1 fully saturated rings. The summed E-state index contributed by atoms with van der Waals surface area (Å²) in [7, 11) is 0. The summed E-state index contributed by atoms with van der Waals surface area (Å²) < 4.78 is 56.9. The van der Waals surface area contributed by atoms with E-state index in [2.05, 4.69) is 0 Å². The predicted molar refractivity (Wildman–Crippen MR) is 68.7 cm³/mol. The molecule has 1 aliphatic rings. The summed E-state index contributed by atoms with van der Waals surface area (Å²) in [6.07, 6.45) is -4.97. The van der Waals surface area contributed by atoms with Crippen molar-refractivity contribution in [1.29, 1.82) is 0 Å². The number of morpholine rings is 1. The second-order valence-electron chi connectivity index (χ2n) is 4.79. The first kappa shape index (κ1) is 15.4. The van der Waals surface area contributed by atoms with Gasteiger partial charge in [0.2, 0.25) is 0 Å². The molecule has 0 amide bonds. The first-order valence-corrected chi connectivity index (χ1v) is 6.68. The number of alkyl halides is 4. The largest absolute Gasteiger partial charge is 0.416 e. The molecule has 2 atom stereocenters. The zero-order chi connectivity index (χ0) is 14.9. The molecule has 0 N–H and O–H groups in total. The van der Waals surface area contributed by atoms with Crippen LogP contribution in [-0.4, -0.2) is 31.2 Å². The Balaban J connectivity index is 2.24. The first-order valence-electron chi connectivity index (χ1n) is 6.14. The molecule has 1 aliphatic heterocycles. The van der Waals surface area contributed by atoms with Gasteiger partial charge >= 0.3 is 6.18 Å². The summed E-state index contributed by atoms with van der Waals surface area (Å²) in [5, 5.41) is 0. The maximum atomic E-state index is 13.9. The van der Waals surface area contributed by atoms with E-state index < -0.39 is 17.6 Å². The highest BCUT2D eigenvalue weighted by Crippen LogP contribution is 2.33. The molecular weight excluding hydrogens is 298 g/mol. The van der Waals surface area contributed by atoms with Crippen LogP contribution >= 0.6 is 11.6 Å². The molecule has 0 aliphatic carbocycles. The van der Waals surface area contributed by atoms with Crippen LogP contribution in [0.1, 0.15) is 12.5 Å². The molecule has 0 saturated carbocycles. The minimum Gasteiger partial charge on any atom is -0.370 e. The molecule has 0 spiro atoms. The maximum Gasteiger partial charge on any atom is 0.416 e. The second kappa shape index (κ2) is 5.77. The smallest absolute Gasteiger partial charge is 0.370 e. The Morgan fingerprint density at radius 1 is 1.35 bits per heavy atom. The van der Waals surface area contributed by atoms with E-state index in [1.807, 2.05) is 6.92 Å². The van der Waals surface area contributed by atoms with Crippen LogP contribution in [0.25, 0.3) is 0 Å². The van der Waals surface area contributed by atoms with Gasteiger partial charge in [-0.1, -0.05) is 0 Å². The van der Waals surface area contributed by atoms with E-state index in [0.29, 0.717) is 19.2 Å². The van der Waals surface area contributed by atoms with Gasteiger partial charge in [-0.15, -0.1) is 11.6 Å². The fourth-order valence-corrected chi connectivity index (χ4v) is 2.44. The highest BCUT2D eigenvalue weighted by Gasteiger charge is 2.32. The number of hydrogen-bond acceptors (Lipinski definition) is 2. The lowest BCUT2D eigenvalue weighted by molar-refractivity contribution is -0.137. The molecule has 0 aromatic heterocycles. The number of nitrogens with zero attached hydrogens (tertiary/aromatic N) is 1. The Kier molecular flexibility index (Phi) is 4.44. The molecule has 1 aromatic carbocycles. The molecule has 1 heterocycles. The molecule has 1 aromatic rings. The molecule has 2 nitrogen and oxygen atoms in total. The molecule has 20 heavy (non-hydrogen) atoms. The van der Waals surface area contributed by atoms with Crippen molar-refractivity contribution < 1.29 is 22.3 Å². The lowest BCUT2D eigenvalue weighted by Crippen LogP contribution is -2.47. The summed E-state index contributed by atoms with van der Waals surface area (Å²) in [6.45, 7) is 2.58. The fourth-order valence-electron chi connectivity index (χ4n) is 2.27. The van der Waals surface area contributed by atoms with E-state index in [9.17, 15) is 17.6 Å². The molecule has 0 bridgehead atoms. The third kappa shape index (κ3) is 3.35. The SMILES string of the molecule is CC1CN(c2ccc(C(F)(F)F)cc2F)CC(CCl)O1. The zero-order valence-corrected chi connectivity index (χ0v) is 11.5. The number of rotatable bonds is 2. The average Bonchev–Trinajstić information content (AvgIpc) is 2.36. The summed E-state index contributed by atoms with van der Waals surface area (Å²) in [4.78, 5) is 1.66. The van der Waals surface area contributed by atoms with Gasteiger partial charge in [0.1, 0.15) is 5.82 Å². The van der Waals surface area contributed by atoms with Crippen molar-refractivity contribution in [3.8, 4) is 0 Å². The lowest BCUT2D eigenvalue weighted by Gasteiger charge is -2.37. The van der Waals surface area contributed by atoms with Crippen LogP contribution < -0.4 is 4.90 Å². The molecular formula is C13H14ClF4NO. The van der Waals surface area contributed by atoms with E-state index in [1.54, 1.807) is 4.90 Å². The maximum absolute atomic E-state index is 13.9. The van der Waals surface area contributed by atoms with Crippen molar-refractivity contribution >= 4 is 17.3 Å². The van der Waals surface area contributed by atoms with Crippen LogP contribution in [0.3, 0.4) is 0 Å². The minimum absolute atomic E-state index is 0.142. The van der Waals surface area contributed by atoms with E-state index in [1.165, 1.54) is 0 Å². The molecule has 0 radical (unpaired) electrons. The van der Waals surface area contributed by atoms with Gasteiger partial charge in [0.15, 0.2) is 0 Å². The number of anilines is 1. The number of benzene rings is 1. The number of halogens is 5. The monoisotopic (exact) mass is 311 g/mol. The Hall–Kier alpha value is -1.01. The third-order valence-electron chi connectivity index (χ3n) is 3.11. The highest BCUT2D eigenvalue weighted by molar-refractivity contribution is 6.18. The average molecular weight is 312 g/mol. The normalized spacial score (nSPS) is 24.0. The molecule has 2 rings (SSSR count). The van der Waals surface area contributed by atoms with Crippen molar-refractivity contribution in [2.45, 2.75) is 25.3 Å². The van der Waals surface area contributed by atoms with Gasteiger partial charge < -0.3 is 9.64 Å². The van der Waals surface area contributed by atoms with Crippen molar-refractivity contribution in [1.82, 2.24) is 0 Å². The van der Waals surface area contributed by atoms with Crippen LogP contribution in [-0.2, 0) is 10.9 Å². The zero-order valence-electron chi connectivity index (χ0n) is 10.8. The lowest BCUT2D eigenvalue weighted by atomic mass is 10.1. The summed E-state index contributed by atoms with van der Waals surface area (Å²) in [5.41, 5.74) is -0.850. The van der Waals surface area contributed by atoms with Gasteiger partial charge in [-0.3, -0.25) is 0 Å². The summed E-state index contributed by atoms with van der Waals surface area (Å²) in [6, 6.07) is 2.56. The quantitative estimate of drug-likeness (QED) is 0.610. The predicted octanol–water partition coefficient (Wildman–Crippen LogP) is 3.68. The number of ether oxygens (including phenoxy) is 1. The topological polar surface area (TPSA) is 12.5 Å². The Morgan fingerprint density at radius 2 is 2.05 bits per heavy atom. The number of hydrogen-bond donors (Lipinski definition) is 0. The summed E-state index contributed by atoms with van der Waals surface area (Å²) in [5.74, 6) is -0.634. The van der Waals surface area contributed by atoms with Crippen molar-refractivity contribution in [3.63, 3.8) is 0 Å². The Bertz CT molecular complexity index is 480. The van der Waals surface area contributed by atoms with E-state index in [-0.39, 0.29) is 23.8 Å². The van der Waals surface area contributed by atoms with Crippen LogP contribution in [0.15, 0.2) is 18.2 Å². The van der Waals surface area contributed by atoms with Crippen LogP contribution in [0, 0.1) is 5.82 Å². The Morgan fingerprint density at radius 3 is 2.60 bits per heavy atom. The van der Waals surface area contributed by atoms with Crippen molar-refractivity contribution in [2.24, 2.45) is 0 Å². The molecule has 112 valence electrons. The van der Waals surface area contributed by atoms with Gasteiger partial charge in [0, 0.05) is 13.1 Å². The summed E-state index contributed by atoms with van der Waals surface area (Å²) >= 11 is 5.73. The van der Waals surface area contributed by atoms with E-state index in [4.69, 9.17) is 16.3 Å². The van der Waals surface area contributed by atoms with Crippen LogP contribution in [0.2, 0.25) is 0 Å². The van der Waals surface area contributed by atoms with E-state index >= 15 is 0 Å². The molecule has 1 saturated heterocycles. The highest BCUT2D eigenvalue weighted by atomic mass is 35.5.